The molecule has 0 spiro atoms. The normalized spacial score (nSPS) is 22.4. The van der Waals surface area contributed by atoms with Crippen LogP contribution in [0.5, 0.6) is 0 Å². The molecule has 0 atom stereocenters. The molecule has 0 unspecified atom stereocenters. The van der Waals surface area contributed by atoms with Gasteiger partial charge in [0.2, 0.25) is 0 Å². The Morgan fingerprint density at radius 1 is 1.10 bits per heavy atom. The van der Waals surface area contributed by atoms with E-state index in [4.69, 9.17) is 4.74 Å². The SMILES string of the molecule is Cc1cc(NC2CCN(C3CCOCC3)CC2)nc(C)n1. The number of rotatable bonds is 3. The molecule has 2 aliphatic rings. The molecule has 5 nitrogen and oxygen atoms in total. The van der Waals surface area contributed by atoms with Crippen LogP contribution in [0.1, 0.15) is 37.2 Å². The first-order valence-electron chi connectivity index (χ1n) is 8.11. The molecule has 5 heteroatoms. The average molecular weight is 290 g/mol. The topological polar surface area (TPSA) is 50.3 Å². The van der Waals surface area contributed by atoms with Crippen LogP contribution in [0.15, 0.2) is 6.07 Å². The molecule has 116 valence electrons. The van der Waals surface area contributed by atoms with Crippen molar-refractivity contribution in [1.82, 2.24) is 14.9 Å². The van der Waals surface area contributed by atoms with E-state index in [1.165, 1.54) is 38.8 Å². The van der Waals surface area contributed by atoms with E-state index in [0.717, 1.165) is 36.6 Å². The van der Waals surface area contributed by atoms with Crippen LogP contribution in [-0.4, -0.2) is 53.3 Å². The summed E-state index contributed by atoms with van der Waals surface area (Å²) in [5, 5.41) is 3.58. The van der Waals surface area contributed by atoms with Crippen molar-refractivity contribution in [2.75, 3.05) is 31.6 Å². The molecule has 2 saturated heterocycles. The van der Waals surface area contributed by atoms with E-state index in [9.17, 15) is 0 Å². The molecule has 0 radical (unpaired) electrons. The van der Waals surface area contributed by atoms with Crippen molar-refractivity contribution < 1.29 is 4.74 Å². The molecule has 0 aromatic carbocycles. The zero-order valence-electron chi connectivity index (χ0n) is 13.1. The van der Waals surface area contributed by atoms with Crippen molar-refractivity contribution in [3.8, 4) is 0 Å². The van der Waals surface area contributed by atoms with Crippen molar-refractivity contribution in [3.63, 3.8) is 0 Å². The Hall–Kier alpha value is -1.20. The number of nitrogens with zero attached hydrogens (tertiary/aromatic N) is 3. The zero-order valence-corrected chi connectivity index (χ0v) is 13.1. The monoisotopic (exact) mass is 290 g/mol. The lowest BCUT2D eigenvalue weighted by molar-refractivity contribution is 0.0262. The van der Waals surface area contributed by atoms with Gasteiger partial charge in [0.1, 0.15) is 11.6 Å². The van der Waals surface area contributed by atoms with Crippen molar-refractivity contribution >= 4 is 5.82 Å². The summed E-state index contributed by atoms with van der Waals surface area (Å²) in [5.41, 5.74) is 1.03. The summed E-state index contributed by atoms with van der Waals surface area (Å²) in [6, 6.07) is 3.32. The Bertz CT molecular complexity index is 445. The summed E-state index contributed by atoms with van der Waals surface area (Å²) < 4.78 is 5.46. The van der Waals surface area contributed by atoms with E-state index in [1.807, 2.05) is 19.9 Å². The molecule has 1 aromatic heterocycles. The summed E-state index contributed by atoms with van der Waals surface area (Å²) in [6.45, 7) is 8.21. The molecule has 0 saturated carbocycles. The highest BCUT2D eigenvalue weighted by atomic mass is 16.5. The smallest absolute Gasteiger partial charge is 0.130 e. The second-order valence-corrected chi connectivity index (χ2v) is 6.24. The predicted octanol–water partition coefficient (Wildman–Crippen LogP) is 2.15. The van der Waals surface area contributed by atoms with Crippen LogP contribution < -0.4 is 5.32 Å². The van der Waals surface area contributed by atoms with Crippen molar-refractivity contribution in [2.45, 2.75) is 51.6 Å². The lowest BCUT2D eigenvalue weighted by Crippen LogP contribution is -2.46. The highest BCUT2D eigenvalue weighted by Gasteiger charge is 2.26. The molecule has 0 amide bonds. The summed E-state index contributed by atoms with van der Waals surface area (Å²) in [7, 11) is 0. The van der Waals surface area contributed by atoms with Crippen LogP contribution in [0.25, 0.3) is 0 Å². The lowest BCUT2D eigenvalue weighted by Gasteiger charge is -2.39. The minimum Gasteiger partial charge on any atom is -0.381 e. The minimum atomic E-state index is 0.537. The Labute approximate surface area is 127 Å². The van der Waals surface area contributed by atoms with Gasteiger partial charge in [-0.15, -0.1) is 0 Å². The van der Waals surface area contributed by atoms with Crippen molar-refractivity contribution in [1.29, 1.82) is 0 Å². The van der Waals surface area contributed by atoms with Gasteiger partial charge in [-0.25, -0.2) is 9.97 Å². The van der Waals surface area contributed by atoms with Gasteiger partial charge in [-0.05, 0) is 39.5 Å². The number of hydrogen-bond donors (Lipinski definition) is 1. The van der Waals surface area contributed by atoms with Crippen LogP contribution in [0.3, 0.4) is 0 Å². The lowest BCUT2D eigenvalue weighted by atomic mass is 9.99. The molecule has 0 aliphatic carbocycles. The fourth-order valence-electron chi connectivity index (χ4n) is 3.46. The Morgan fingerprint density at radius 3 is 2.48 bits per heavy atom. The maximum atomic E-state index is 5.46. The molecule has 3 heterocycles. The maximum absolute atomic E-state index is 5.46. The predicted molar refractivity (Wildman–Crippen MR) is 83.6 cm³/mol. The van der Waals surface area contributed by atoms with Crippen LogP contribution in [0.4, 0.5) is 5.82 Å². The van der Waals surface area contributed by atoms with Gasteiger partial charge in [-0.1, -0.05) is 0 Å². The van der Waals surface area contributed by atoms with Crippen LogP contribution in [-0.2, 0) is 4.74 Å². The number of hydrogen-bond acceptors (Lipinski definition) is 5. The molecule has 21 heavy (non-hydrogen) atoms. The third-order valence-electron chi connectivity index (χ3n) is 4.55. The van der Waals surface area contributed by atoms with Gasteiger partial charge in [0.05, 0.1) is 0 Å². The summed E-state index contributed by atoms with van der Waals surface area (Å²) in [5.74, 6) is 1.82. The van der Waals surface area contributed by atoms with Crippen LogP contribution >= 0.6 is 0 Å². The third kappa shape index (κ3) is 3.92. The summed E-state index contributed by atoms with van der Waals surface area (Å²) in [4.78, 5) is 11.5. The molecule has 3 rings (SSSR count). The van der Waals surface area contributed by atoms with Gasteiger partial charge in [-0.3, -0.25) is 0 Å². The Balaban J connectivity index is 1.51. The van der Waals surface area contributed by atoms with E-state index in [0.29, 0.717) is 6.04 Å². The largest absolute Gasteiger partial charge is 0.381 e. The third-order valence-corrected chi connectivity index (χ3v) is 4.55. The molecule has 2 fully saturated rings. The summed E-state index contributed by atoms with van der Waals surface area (Å²) >= 11 is 0. The molecule has 1 N–H and O–H groups in total. The van der Waals surface area contributed by atoms with Gasteiger partial charge >= 0.3 is 0 Å². The standard InChI is InChI=1S/C16H26N4O/c1-12-11-16(18-13(2)17-12)19-14-3-7-20(8-4-14)15-5-9-21-10-6-15/h11,14-15H,3-10H2,1-2H3,(H,17,18,19). The van der Waals surface area contributed by atoms with E-state index in [1.54, 1.807) is 0 Å². The van der Waals surface area contributed by atoms with E-state index in [-0.39, 0.29) is 0 Å². The quantitative estimate of drug-likeness (QED) is 0.924. The van der Waals surface area contributed by atoms with E-state index >= 15 is 0 Å². The molecule has 1 aromatic rings. The first kappa shape index (κ1) is 14.7. The molecule has 2 aliphatic heterocycles. The van der Waals surface area contributed by atoms with Gasteiger partial charge < -0.3 is 15.0 Å². The first-order valence-corrected chi connectivity index (χ1v) is 8.11. The maximum Gasteiger partial charge on any atom is 0.130 e. The van der Waals surface area contributed by atoms with Crippen LogP contribution in [0, 0.1) is 13.8 Å². The number of piperidine rings is 1. The number of likely N-dealkylation sites (tertiary alicyclic amines) is 1. The van der Waals surface area contributed by atoms with Gasteiger partial charge in [0.15, 0.2) is 0 Å². The van der Waals surface area contributed by atoms with E-state index in [2.05, 4.69) is 20.2 Å². The minimum absolute atomic E-state index is 0.537. The van der Waals surface area contributed by atoms with Gasteiger partial charge in [-0.2, -0.15) is 0 Å². The van der Waals surface area contributed by atoms with Crippen LogP contribution in [0.2, 0.25) is 0 Å². The first-order chi connectivity index (χ1) is 10.2. The molecular weight excluding hydrogens is 264 g/mol. The second kappa shape index (κ2) is 6.71. The molecule has 0 bridgehead atoms. The summed E-state index contributed by atoms with van der Waals surface area (Å²) in [6.07, 6.45) is 4.78. The number of nitrogens with one attached hydrogen (secondary N) is 1. The van der Waals surface area contributed by atoms with Crippen molar-refractivity contribution in [2.24, 2.45) is 0 Å². The number of anilines is 1. The second-order valence-electron chi connectivity index (χ2n) is 6.24. The van der Waals surface area contributed by atoms with Gasteiger partial charge in [0.25, 0.3) is 0 Å². The fraction of sp³-hybridized carbons (Fsp3) is 0.750. The number of ether oxygens (including phenoxy) is 1. The van der Waals surface area contributed by atoms with Gasteiger partial charge in [0, 0.05) is 50.1 Å². The number of aryl methyl sites for hydroxylation is 2. The fourth-order valence-corrected chi connectivity index (χ4v) is 3.46. The Kier molecular flexibility index (Phi) is 4.70. The van der Waals surface area contributed by atoms with Crippen molar-refractivity contribution in [3.05, 3.63) is 17.6 Å². The number of aromatic nitrogens is 2. The Morgan fingerprint density at radius 2 is 1.81 bits per heavy atom. The average Bonchev–Trinajstić information content (AvgIpc) is 2.48. The molecular formula is C16H26N4O. The zero-order chi connectivity index (χ0) is 14.7. The highest BCUT2D eigenvalue weighted by Crippen LogP contribution is 2.21. The van der Waals surface area contributed by atoms with E-state index < -0.39 is 0 Å². The highest BCUT2D eigenvalue weighted by molar-refractivity contribution is 5.37.